The summed E-state index contributed by atoms with van der Waals surface area (Å²) in [4.78, 5) is 12.8. The van der Waals surface area contributed by atoms with Gasteiger partial charge in [0.05, 0.1) is 17.5 Å². The molecule has 1 aliphatic heterocycles. The van der Waals surface area contributed by atoms with Crippen LogP contribution >= 0.6 is 23.1 Å². The quantitative estimate of drug-likeness (QED) is 0.603. The van der Waals surface area contributed by atoms with E-state index in [2.05, 4.69) is 20.6 Å². The highest BCUT2D eigenvalue weighted by Crippen LogP contribution is 2.32. The molecule has 2 aromatic heterocycles. The zero-order chi connectivity index (χ0) is 18.3. The van der Waals surface area contributed by atoms with Crippen molar-refractivity contribution in [1.82, 2.24) is 20.0 Å². The second kappa shape index (κ2) is 6.93. The Bertz CT molecular complexity index is 950. The van der Waals surface area contributed by atoms with E-state index in [1.165, 1.54) is 23.1 Å². The molecule has 26 heavy (non-hydrogen) atoms. The molecule has 140 valence electrons. The molecule has 3 heterocycles. The number of fused-ring (bicyclic) bond motifs is 1. The first-order valence-electron chi connectivity index (χ1n) is 8.46. The van der Waals surface area contributed by atoms with Gasteiger partial charge in [-0.05, 0) is 38.4 Å². The van der Waals surface area contributed by atoms with Crippen molar-refractivity contribution in [2.24, 2.45) is 0 Å². The van der Waals surface area contributed by atoms with Crippen molar-refractivity contribution in [3.63, 3.8) is 0 Å². The maximum absolute atomic E-state index is 12.8. The van der Waals surface area contributed by atoms with Gasteiger partial charge < -0.3 is 0 Å². The summed E-state index contributed by atoms with van der Waals surface area (Å²) in [5.74, 6) is -0.00212. The van der Waals surface area contributed by atoms with Gasteiger partial charge in [0.15, 0.2) is 19.9 Å². The van der Waals surface area contributed by atoms with Gasteiger partial charge in [0.1, 0.15) is 0 Å². The first kappa shape index (κ1) is 17.9. The van der Waals surface area contributed by atoms with Crippen LogP contribution in [0.5, 0.6) is 0 Å². The predicted molar refractivity (Wildman–Crippen MR) is 101 cm³/mol. The van der Waals surface area contributed by atoms with Crippen LogP contribution in [0.1, 0.15) is 47.1 Å². The number of aromatic nitrogens is 4. The topological polar surface area (TPSA) is 107 Å². The number of nitrogens with one attached hydrogen (secondary N) is 1. The van der Waals surface area contributed by atoms with Crippen molar-refractivity contribution >= 4 is 44.0 Å². The van der Waals surface area contributed by atoms with Gasteiger partial charge in [-0.3, -0.25) is 14.8 Å². The average molecular weight is 414 g/mol. The maximum Gasteiger partial charge on any atom is 0.278 e. The molecule has 0 radical (unpaired) electrons. The van der Waals surface area contributed by atoms with Crippen LogP contribution in [0.2, 0.25) is 0 Å². The maximum atomic E-state index is 12.8. The van der Waals surface area contributed by atoms with Crippen LogP contribution in [0.3, 0.4) is 0 Å². The third-order valence-corrected chi connectivity index (χ3v) is 8.34. The van der Waals surface area contributed by atoms with Gasteiger partial charge in [0, 0.05) is 11.3 Å². The second-order valence-electron chi connectivity index (χ2n) is 6.51. The smallest absolute Gasteiger partial charge is 0.278 e. The number of carbonyl (C=O) groups excluding carboxylic acids is 1. The van der Waals surface area contributed by atoms with E-state index in [0.717, 1.165) is 41.3 Å². The highest BCUT2D eigenvalue weighted by Gasteiger charge is 2.34. The van der Waals surface area contributed by atoms with Crippen LogP contribution in [-0.2, 0) is 22.7 Å². The fraction of sp³-hybridized carbons (Fsp3) is 0.600. The number of sulfone groups is 1. The standard InChI is InChI=1S/C15H19N5O3S3/c1-24-15-18-17-14(25-15)16-13(21)12-10-4-2-3-5-11(10)20(19-12)9-6-7-26(22,23)8-9/h9H,2-8H2,1H3,(H,16,17,21). The number of nitrogens with zero attached hydrogens (tertiary/aromatic N) is 4. The normalized spacial score (nSPS) is 21.5. The molecular formula is C15H19N5O3S3. The Morgan fingerprint density at radius 2 is 2.12 bits per heavy atom. The highest BCUT2D eigenvalue weighted by atomic mass is 32.2. The largest absolute Gasteiger partial charge is 0.295 e. The molecule has 1 amide bonds. The van der Waals surface area contributed by atoms with Crippen LogP contribution in [0, 0.1) is 0 Å². The number of hydrogen-bond acceptors (Lipinski definition) is 8. The molecule has 1 aliphatic carbocycles. The molecule has 1 atom stereocenters. The molecule has 0 spiro atoms. The average Bonchev–Trinajstić information content (AvgIpc) is 3.31. The first-order valence-corrected chi connectivity index (χ1v) is 12.3. The van der Waals surface area contributed by atoms with Gasteiger partial charge in [0.2, 0.25) is 5.13 Å². The van der Waals surface area contributed by atoms with Crippen molar-refractivity contribution in [3.8, 4) is 0 Å². The molecule has 1 N–H and O–H groups in total. The van der Waals surface area contributed by atoms with Crippen LogP contribution in [0.25, 0.3) is 0 Å². The van der Waals surface area contributed by atoms with E-state index >= 15 is 0 Å². The zero-order valence-electron chi connectivity index (χ0n) is 14.3. The number of carbonyl (C=O) groups is 1. The van der Waals surface area contributed by atoms with E-state index in [-0.39, 0.29) is 23.5 Å². The van der Waals surface area contributed by atoms with Crippen molar-refractivity contribution in [2.45, 2.75) is 42.5 Å². The zero-order valence-corrected chi connectivity index (χ0v) is 16.7. The van der Waals surface area contributed by atoms with Crippen molar-refractivity contribution < 1.29 is 13.2 Å². The van der Waals surface area contributed by atoms with Crippen molar-refractivity contribution in [1.29, 1.82) is 0 Å². The summed E-state index contributed by atoms with van der Waals surface area (Å²) in [5.41, 5.74) is 2.36. The third-order valence-electron chi connectivity index (χ3n) is 4.78. The fourth-order valence-electron chi connectivity index (χ4n) is 3.58. The summed E-state index contributed by atoms with van der Waals surface area (Å²) in [6.45, 7) is 0. The Balaban J connectivity index is 1.64. The Morgan fingerprint density at radius 3 is 2.81 bits per heavy atom. The number of thioether (sulfide) groups is 1. The fourth-order valence-corrected chi connectivity index (χ4v) is 6.43. The molecular weight excluding hydrogens is 394 g/mol. The molecule has 1 unspecified atom stereocenters. The molecule has 8 nitrogen and oxygen atoms in total. The Hall–Kier alpha value is -1.46. The van der Waals surface area contributed by atoms with Crippen LogP contribution in [-0.4, -0.2) is 52.1 Å². The predicted octanol–water partition coefficient (Wildman–Crippen LogP) is 1.95. The third kappa shape index (κ3) is 3.39. The molecule has 2 aliphatic rings. The van der Waals surface area contributed by atoms with Gasteiger partial charge >= 0.3 is 0 Å². The van der Waals surface area contributed by atoms with Crippen LogP contribution < -0.4 is 5.32 Å². The number of hydrogen-bond donors (Lipinski definition) is 1. The van der Waals surface area contributed by atoms with E-state index in [4.69, 9.17) is 0 Å². The molecule has 1 saturated heterocycles. The first-order chi connectivity index (χ1) is 12.5. The van der Waals surface area contributed by atoms with Crippen LogP contribution in [0.4, 0.5) is 5.13 Å². The van der Waals surface area contributed by atoms with Crippen molar-refractivity contribution in [2.75, 3.05) is 23.1 Å². The van der Waals surface area contributed by atoms with E-state index in [1.54, 1.807) is 4.68 Å². The molecule has 0 bridgehead atoms. The second-order valence-corrected chi connectivity index (χ2v) is 10.8. The summed E-state index contributed by atoms with van der Waals surface area (Å²) in [6, 6.07) is -0.168. The minimum absolute atomic E-state index is 0.107. The Labute approximate surface area is 159 Å². The van der Waals surface area contributed by atoms with Crippen molar-refractivity contribution in [3.05, 3.63) is 17.0 Å². The van der Waals surface area contributed by atoms with Gasteiger partial charge in [-0.1, -0.05) is 23.1 Å². The summed E-state index contributed by atoms with van der Waals surface area (Å²) < 4.78 is 26.3. The monoisotopic (exact) mass is 413 g/mol. The van der Waals surface area contributed by atoms with E-state index in [0.29, 0.717) is 17.2 Å². The van der Waals surface area contributed by atoms with Crippen LogP contribution in [0.15, 0.2) is 4.34 Å². The minimum atomic E-state index is -3.01. The van der Waals surface area contributed by atoms with E-state index in [9.17, 15) is 13.2 Å². The lowest BCUT2D eigenvalue weighted by Crippen LogP contribution is -2.17. The molecule has 0 saturated carbocycles. The Morgan fingerprint density at radius 1 is 1.31 bits per heavy atom. The summed E-state index contributed by atoms with van der Waals surface area (Å²) in [7, 11) is -3.01. The summed E-state index contributed by atoms with van der Waals surface area (Å²) >= 11 is 2.79. The highest BCUT2D eigenvalue weighted by molar-refractivity contribution is 8.00. The Kier molecular flexibility index (Phi) is 4.78. The van der Waals surface area contributed by atoms with Gasteiger partial charge in [0.25, 0.3) is 5.91 Å². The van der Waals surface area contributed by atoms with Gasteiger partial charge in [-0.15, -0.1) is 10.2 Å². The van der Waals surface area contributed by atoms with E-state index < -0.39 is 9.84 Å². The molecule has 4 rings (SSSR count). The lowest BCUT2D eigenvalue weighted by molar-refractivity contribution is 0.102. The molecule has 11 heteroatoms. The van der Waals surface area contributed by atoms with E-state index in [1.807, 2.05) is 6.26 Å². The molecule has 2 aromatic rings. The number of rotatable bonds is 4. The SMILES string of the molecule is CSc1nnc(NC(=O)c2nn(C3CCS(=O)(=O)C3)c3c2CCCC3)s1. The number of anilines is 1. The number of amides is 1. The lowest BCUT2D eigenvalue weighted by atomic mass is 9.95. The van der Waals surface area contributed by atoms with Gasteiger partial charge in [-0.2, -0.15) is 5.10 Å². The molecule has 0 aromatic carbocycles. The summed E-state index contributed by atoms with van der Waals surface area (Å²) in [5, 5.41) is 15.7. The van der Waals surface area contributed by atoms with Gasteiger partial charge in [-0.25, -0.2) is 8.42 Å². The minimum Gasteiger partial charge on any atom is -0.295 e. The lowest BCUT2D eigenvalue weighted by Gasteiger charge is -2.17. The summed E-state index contributed by atoms with van der Waals surface area (Å²) in [6.07, 6.45) is 6.14. The molecule has 1 fully saturated rings.